The van der Waals surface area contributed by atoms with Crippen molar-refractivity contribution in [3.8, 4) is 0 Å². The summed E-state index contributed by atoms with van der Waals surface area (Å²) in [5, 5.41) is 3.27. The Kier molecular flexibility index (Phi) is 6.10. The summed E-state index contributed by atoms with van der Waals surface area (Å²) >= 11 is 11.8. The number of anilines is 1. The largest absolute Gasteiger partial charge is 0.350 e. The van der Waals surface area contributed by atoms with Gasteiger partial charge in [-0.1, -0.05) is 53.5 Å². The minimum absolute atomic E-state index is 0.241. The molecule has 0 atom stereocenters. The third kappa shape index (κ3) is 5.40. The smallest absolute Gasteiger partial charge is 0.241 e. The molecule has 0 unspecified atom stereocenters. The first-order valence-electron chi connectivity index (χ1n) is 7.00. The molecule has 24 heavy (non-hydrogen) atoms. The van der Waals surface area contributed by atoms with Crippen LogP contribution in [0.3, 0.4) is 0 Å². The lowest BCUT2D eigenvalue weighted by molar-refractivity contribution is -0.119. The second kappa shape index (κ2) is 7.88. The molecule has 0 aliphatic rings. The van der Waals surface area contributed by atoms with Crippen LogP contribution in [0.5, 0.6) is 0 Å². The molecule has 0 aliphatic carbocycles. The predicted octanol–water partition coefficient (Wildman–Crippen LogP) is 3.08. The summed E-state index contributed by atoms with van der Waals surface area (Å²) < 4.78 is 25.0. The van der Waals surface area contributed by atoms with E-state index in [1.54, 1.807) is 0 Å². The zero-order valence-corrected chi connectivity index (χ0v) is 15.2. The van der Waals surface area contributed by atoms with Gasteiger partial charge in [-0.3, -0.25) is 9.10 Å². The monoisotopic (exact) mass is 386 g/mol. The van der Waals surface area contributed by atoms with Crippen molar-refractivity contribution < 1.29 is 13.2 Å². The fourth-order valence-corrected chi connectivity index (χ4v) is 3.42. The number of halogens is 2. The molecule has 2 aromatic carbocycles. The van der Waals surface area contributed by atoms with E-state index < -0.39 is 15.9 Å². The molecule has 0 fully saturated rings. The maximum absolute atomic E-state index is 12.1. The minimum atomic E-state index is -3.67. The van der Waals surface area contributed by atoms with Gasteiger partial charge in [-0.05, 0) is 23.8 Å². The van der Waals surface area contributed by atoms with E-state index in [4.69, 9.17) is 23.2 Å². The number of hydrogen-bond acceptors (Lipinski definition) is 3. The average molecular weight is 387 g/mol. The van der Waals surface area contributed by atoms with Gasteiger partial charge in [0.2, 0.25) is 15.9 Å². The van der Waals surface area contributed by atoms with Gasteiger partial charge < -0.3 is 5.32 Å². The van der Waals surface area contributed by atoms with Crippen molar-refractivity contribution in [2.75, 3.05) is 17.1 Å². The number of hydrogen-bond donors (Lipinski definition) is 1. The fourth-order valence-electron chi connectivity index (χ4n) is 2.07. The third-order valence-electron chi connectivity index (χ3n) is 3.16. The standard InChI is InChI=1S/C16H16Cl2N2O3S/c1-24(22,23)20(15-8-13(17)7-14(18)9-15)11-16(21)19-10-12-5-3-2-4-6-12/h2-9H,10-11H2,1H3,(H,19,21). The fraction of sp³-hybridized carbons (Fsp3) is 0.188. The van der Waals surface area contributed by atoms with E-state index in [0.29, 0.717) is 6.54 Å². The summed E-state index contributed by atoms with van der Waals surface area (Å²) in [6.45, 7) is -0.0457. The van der Waals surface area contributed by atoms with Crippen LogP contribution in [0.2, 0.25) is 10.0 Å². The Hall–Kier alpha value is -1.76. The molecule has 2 aromatic rings. The molecular formula is C16H16Cl2N2O3S. The summed E-state index contributed by atoms with van der Waals surface area (Å²) in [5.41, 5.74) is 1.16. The molecule has 2 rings (SSSR count). The van der Waals surface area contributed by atoms with Gasteiger partial charge in [0, 0.05) is 16.6 Å². The molecule has 0 saturated carbocycles. The molecule has 0 radical (unpaired) electrons. The van der Waals surface area contributed by atoms with E-state index in [2.05, 4.69) is 5.32 Å². The SMILES string of the molecule is CS(=O)(=O)N(CC(=O)NCc1ccccc1)c1cc(Cl)cc(Cl)c1. The van der Waals surface area contributed by atoms with Gasteiger partial charge in [0.05, 0.1) is 11.9 Å². The van der Waals surface area contributed by atoms with Gasteiger partial charge in [0.25, 0.3) is 0 Å². The minimum Gasteiger partial charge on any atom is -0.350 e. The van der Waals surface area contributed by atoms with Crippen LogP contribution in [0.25, 0.3) is 0 Å². The second-order valence-electron chi connectivity index (χ2n) is 5.16. The first-order valence-corrected chi connectivity index (χ1v) is 9.60. The molecule has 5 nitrogen and oxygen atoms in total. The van der Waals surface area contributed by atoms with Crippen molar-refractivity contribution in [3.05, 3.63) is 64.1 Å². The van der Waals surface area contributed by atoms with E-state index in [1.165, 1.54) is 18.2 Å². The Morgan fingerprint density at radius 3 is 2.21 bits per heavy atom. The second-order valence-corrected chi connectivity index (χ2v) is 7.94. The third-order valence-corrected chi connectivity index (χ3v) is 4.73. The Balaban J connectivity index is 2.13. The summed E-state index contributed by atoms with van der Waals surface area (Å²) in [5.74, 6) is -0.430. The lowest BCUT2D eigenvalue weighted by Crippen LogP contribution is -2.40. The highest BCUT2D eigenvalue weighted by atomic mass is 35.5. The molecule has 0 heterocycles. The summed E-state index contributed by atoms with van der Waals surface area (Å²) in [4.78, 5) is 12.1. The number of benzene rings is 2. The average Bonchev–Trinajstić information content (AvgIpc) is 2.49. The van der Waals surface area contributed by atoms with E-state index in [1.807, 2.05) is 30.3 Å². The normalized spacial score (nSPS) is 11.1. The Morgan fingerprint density at radius 2 is 1.67 bits per heavy atom. The first-order chi connectivity index (χ1) is 11.3. The van der Waals surface area contributed by atoms with Crippen LogP contribution in [0.4, 0.5) is 5.69 Å². The van der Waals surface area contributed by atoms with Crippen molar-refractivity contribution in [1.82, 2.24) is 5.32 Å². The number of carbonyl (C=O) groups is 1. The van der Waals surface area contributed by atoms with E-state index >= 15 is 0 Å². The Labute approximate surface area is 151 Å². The molecule has 0 bridgehead atoms. The van der Waals surface area contributed by atoms with Crippen LogP contribution < -0.4 is 9.62 Å². The number of nitrogens with one attached hydrogen (secondary N) is 1. The maximum atomic E-state index is 12.1. The van der Waals surface area contributed by atoms with Crippen molar-refractivity contribution in [3.63, 3.8) is 0 Å². The van der Waals surface area contributed by atoms with E-state index in [9.17, 15) is 13.2 Å². The Morgan fingerprint density at radius 1 is 1.08 bits per heavy atom. The summed E-state index contributed by atoms with van der Waals surface area (Å²) in [6.07, 6.45) is 1.02. The molecular weight excluding hydrogens is 371 g/mol. The van der Waals surface area contributed by atoms with Crippen LogP contribution in [0.1, 0.15) is 5.56 Å². The predicted molar refractivity (Wildman–Crippen MR) is 96.9 cm³/mol. The van der Waals surface area contributed by atoms with Crippen molar-refractivity contribution >= 4 is 44.8 Å². The van der Waals surface area contributed by atoms with Crippen LogP contribution in [0.15, 0.2) is 48.5 Å². The van der Waals surface area contributed by atoms with Crippen LogP contribution in [0, 0.1) is 0 Å². The number of sulfonamides is 1. The van der Waals surface area contributed by atoms with Crippen molar-refractivity contribution in [1.29, 1.82) is 0 Å². The van der Waals surface area contributed by atoms with Gasteiger partial charge in [-0.25, -0.2) is 8.42 Å². The quantitative estimate of drug-likeness (QED) is 0.829. The molecule has 1 amide bonds. The van der Waals surface area contributed by atoms with Crippen LogP contribution in [-0.4, -0.2) is 27.1 Å². The van der Waals surface area contributed by atoms with Gasteiger partial charge in [-0.2, -0.15) is 0 Å². The Bertz CT molecular complexity index is 806. The molecule has 8 heteroatoms. The zero-order valence-electron chi connectivity index (χ0n) is 12.9. The van der Waals surface area contributed by atoms with E-state index in [0.717, 1.165) is 16.1 Å². The number of amides is 1. The van der Waals surface area contributed by atoms with Crippen LogP contribution >= 0.6 is 23.2 Å². The zero-order chi connectivity index (χ0) is 17.7. The number of rotatable bonds is 6. The molecule has 0 aliphatic heterocycles. The molecule has 0 saturated heterocycles. The molecule has 1 N–H and O–H groups in total. The van der Waals surface area contributed by atoms with Gasteiger partial charge in [0.15, 0.2) is 0 Å². The molecule has 0 spiro atoms. The number of nitrogens with zero attached hydrogens (tertiary/aromatic N) is 1. The van der Waals surface area contributed by atoms with Crippen molar-refractivity contribution in [2.45, 2.75) is 6.54 Å². The highest BCUT2D eigenvalue weighted by Gasteiger charge is 2.21. The lowest BCUT2D eigenvalue weighted by Gasteiger charge is -2.22. The van der Waals surface area contributed by atoms with Crippen LogP contribution in [-0.2, 0) is 21.4 Å². The topological polar surface area (TPSA) is 66.5 Å². The van der Waals surface area contributed by atoms with Gasteiger partial charge in [-0.15, -0.1) is 0 Å². The lowest BCUT2D eigenvalue weighted by atomic mass is 10.2. The molecule has 0 aromatic heterocycles. The number of carbonyl (C=O) groups excluding carboxylic acids is 1. The van der Waals surface area contributed by atoms with Gasteiger partial charge in [0.1, 0.15) is 6.54 Å². The maximum Gasteiger partial charge on any atom is 0.241 e. The highest BCUT2D eigenvalue weighted by molar-refractivity contribution is 7.92. The van der Waals surface area contributed by atoms with Crippen molar-refractivity contribution in [2.24, 2.45) is 0 Å². The summed E-state index contributed by atoms with van der Waals surface area (Å²) in [6, 6.07) is 13.7. The highest BCUT2D eigenvalue weighted by Crippen LogP contribution is 2.26. The van der Waals surface area contributed by atoms with Gasteiger partial charge >= 0.3 is 0 Å². The first kappa shape index (κ1) is 18.6. The van der Waals surface area contributed by atoms with E-state index in [-0.39, 0.29) is 22.3 Å². The summed E-state index contributed by atoms with van der Waals surface area (Å²) in [7, 11) is -3.67. The molecule has 128 valence electrons.